The van der Waals surface area contributed by atoms with Crippen LogP contribution in [0.3, 0.4) is 0 Å². The summed E-state index contributed by atoms with van der Waals surface area (Å²) in [6, 6.07) is 14.2. The van der Waals surface area contributed by atoms with Crippen LogP contribution in [0.2, 0.25) is 0 Å². The Hall–Kier alpha value is -3.28. The van der Waals surface area contributed by atoms with Gasteiger partial charge in [-0.15, -0.1) is 5.10 Å². The number of aryl methyl sites for hydroxylation is 1. The fourth-order valence-corrected chi connectivity index (χ4v) is 3.50. The van der Waals surface area contributed by atoms with Crippen molar-refractivity contribution >= 4 is 11.4 Å². The molecular weight excluding hydrogens is 350 g/mol. The third kappa shape index (κ3) is 3.58. The van der Waals surface area contributed by atoms with E-state index in [4.69, 9.17) is 0 Å². The highest BCUT2D eigenvalue weighted by atomic mass is 16.1. The number of nitrogens with zero attached hydrogens (tertiary/aromatic N) is 5. The zero-order chi connectivity index (χ0) is 18.9. The van der Waals surface area contributed by atoms with Crippen LogP contribution < -0.4 is 0 Å². The third-order valence-electron chi connectivity index (χ3n) is 5.20. The predicted molar refractivity (Wildman–Crippen MR) is 105 cm³/mol. The molecule has 0 radical (unpaired) electrons. The summed E-state index contributed by atoms with van der Waals surface area (Å²) in [6.07, 6.45) is 9.62. The molecule has 3 aromatic heterocycles. The zero-order valence-corrected chi connectivity index (χ0v) is 15.5. The number of Topliss-reactive ketones (excluding diaryl/α,β-unsaturated/α-hetero) is 1. The number of imidazole rings is 1. The van der Waals surface area contributed by atoms with Crippen LogP contribution in [0.1, 0.15) is 52.5 Å². The highest BCUT2D eigenvalue weighted by Gasteiger charge is 2.23. The van der Waals surface area contributed by atoms with Gasteiger partial charge in [-0.25, -0.2) is 9.67 Å². The number of carbonyl (C=O) groups is 1. The summed E-state index contributed by atoms with van der Waals surface area (Å²) in [7, 11) is 0. The molecule has 0 amide bonds. The summed E-state index contributed by atoms with van der Waals surface area (Å²) >= 11 is 0. The van der Waals surface area contributed by atoms with E-state index in [9.17, 15) is 4.79 Å². The Morgan fingerprint density at radius 1 is 1.04 bits per heavy atom. The zero-order valence-electron chi connectivity index (χ0n) is 15.5. The highest BCUT2D eigenvalue weighted by Crippen LogP contribution is 2.39. The minimum atomic E-state index is 0.0131. The largest absolute Gasteiger partial charge is 0.306 e. The first-order chi connectivity index (χ1) is 13.7. The Labute approximate surface area is 162 Å². The van der Waals surface area contributed by atoms with Crippen molar-refractivity contribution in [3.63, 3.8) is 0 Å². The van der Waals surface area contributed by atoms with Crippen molar-refractivity contribution in [2.75, 3.05) is 0 Å². The van der Waals surface area contributed by atoms with Crippen LogP contribution >= 0.6 is 0 Å². The first-order valence-electron chi connectivity index (χ1n) is 9.69. The molecule has 1 aliphatic carbocycles. The molecule has 0 aliphatic heterocycles. The van der Waals surface area contributed by atoms with E-state index in [-0.39, 0.29) is 5.78 Å². The summed E-state index contributed by atoms with van der Waals surface area (Å²) < 4.78 is 3.76. The number of benzene rings is 1. The lowest BCUT2D eigenvalue weighted by molar-refractivity contribution is 0.0978. The standard InChI is InChI=1S/C22H21N5O/c28-21(10-6-16-4-2-1-3-5-16)20-15-27(25-24-20)14-19-13-26-12-18(17-7-8-17)9-11-22(26)23-19/h1-5,9,11-13,15,17H,6-8,10,14H2. The van der Waals surface area contributed by atoms with E-state index in [2.05, 4.69) is 38.0 Å². The minimum Gasteiger partial charge on any atom is -0.306 e. The molecule has 0 atom stereocenters. The number of hydrogen-bond donors (Lipinski definition) is 0. The topological polar surface area (TPSA) is 65.1 Å². The number of ketones is 1. The molecule has 6 nitrogen and oxygen atoms in total. The van der Waals surface area contributed by atoms with Crippen molar-refractivity contribution < 1.29 is 4.79 Å². The van der Waals surface area contributed by atoms with Gasteiger partial charge < -0.3 is 4.40 Å². The van der Waals surface area contributed by atoms with Gasteiger partial charge in [0.05, 0.1) is 18.4 Å². The Bertz CT molecular complexity index is 1120. The smallest absolute Gasteiger partial charge is 0.185 e. The average Bonchev–Trinajstić information content (AvgIpc) is 3.34. The van der Waals surface area contributed by atoms with Crippen molar-refractivity contribution in [2.45, 2.75) is 38.1 Å². The predicted octanol–water partition coefficient (Wildman–Crippen LogP) is 3.67. The van der Waals surface area contributed by atoms with E-state index in [1.165, 1.54) is 18.4 Å². The molecule has 0 N–H and O–H groups in total. The fraction of sp³-hybridized carbons (Fsp3) is 0.273. The van der Waals surface area contributed by atoms with Gasteiger partial charge in [0.25, 0.3) is 0 Å². The molecule has 0 saturated heterocycles. The van der Waals surface area contributed by atoms with Gasteiger partial charge in [-0.1, -0.05) is 41.6 Å². The van der Waals surface area contributed by atoms with Crippen LogP contribution in [0.15, 0.2) is 61.1 Å². The van der Waals surface area contributed by atoms with E-state index < -0.39 is 0 Å². The first-order valence-corrected chi connectivity index (χ1v) is 9.69. The Morgan fingerprint density at radius 3 is 2.71 bits per heavy atom. The Morgan fingerprint density at radius 2 is 1.89 bits per heavy atom. The normalized spacial score (nSPS) is 13.9. The maximum atomic E-state index is 12.4. The van der Waals surface area contributed by atoms with Gasteiger partial charge >= 0.3 is 0 Å². The second-order valence-corrected chi connectivity index (χ2v) is 7.44. The fourth-order valence-electron chi connectivity index (χ4n) is 3.50. The van der Waals surface area contributed by atoms with Crippen molar-refractivity contribution in [3.8, 4) is 0 Å². The monoisotopic (exact) mass is 371 g/mol. The van der Waals surface area contributed by atoms with Gasteiger partial charge in [0, 0.05) is 18.8 Å². The van der Waals surface area contributed by atoms with Gasteiger partial charge in [0.2, 0.25) is 0 Å². The minimum absolute atomic E-state index is 0.0131. The van der Waals surface area contributed by atoms with Crippen molar-refractivity contribution in [1.29, 1.82) is 0 Å². The van der Waals surface area contributed by atoms with Crippen LogP contribution in [-0.2, 0) is 13.0 Å². The maximum absolute atomic E-state index is 12.4. The quantitative estimate of drug-likeness (QED) is 0.465. The molecular formula is C22H21N5O. The molecule has 1 aliphatic rings. The molecule has 28 heavy (non-hydrogen) atoms. The molecule has 0 spiro atoms. The lowest BCUT2D eigenvalue weighted by Crippen LogP contribution is -2.02. The molecule has 0 bridgehead atoms. The van der Waals surface area contributed by atoms with Crippen molar-refractivity contribution in [3.05, 3.63) is 83.6 Å². The molecule has 3 heterocycles. The third-order valence-corrected chi connectivity index (χ3v) is 5.20. The van der Waals surface area contributed by atoms with Crippen molar-refractivity contribution in [1.82, 2.24) is 24.4 Å². The van der Waals surface area contributed by atoms with Gasteiger partial charge in [0.1, 0.15) is 11.3 Å². The van der Waals surface area contributed by atoms with E-state index in [1.54, 1.807) is 10.9 Å². The number of hydrogen-bond acceptors (Lipinski definition) is 4. The van der Waals surface area contributed by atoms with Gasteiger partial charge in [0.15, 0.2) is 5.78 Å². The van der Waals surface area contributed by atoms with Gasteiger partial charge in [-0.05, 0) is 42.4 Å². The molecule has 6 heteroatoms. The molecule has 1 saturated carbocycles. The molecule has 140 valence electrons. The molecule has 1 fully saturated rings. The summed E-state index contributed by atoms with van der Waals surface area (Å²) in [6.45, 7) is 0.499. The Kier molecular flexibility index (Phi) is 4.24. The molecule has 4 aromatic rings. The number of pyridine rings is 1. The SMILES string of the molecule is O=C(CCc1ccccc1)c1cn(Cc2cn3cc(C4CC4)ccc3n2)nn1. The Balaban J connectivity index is 1.25. The molecule has 0 unspecified atom stereocenters. The summed E-state index contributed by atoms with van der Waals surface area (Å²) in [5.41, 5.74) is 4.78. The summed E-state index contributed by atoms with van der Waals surface area (Å²) in [5.74, 6) is 0.731. The first kappa shape index (κ1) is 16.9. The van der Waals surface area contributed by atoms with Crippen LogP contribution in [0, 0.1) is 0 Å². The number of carbonyl (C=O) groups excluding carboxylic acids is 1. The summed E-state index contributed by atoms with van der Waals surface area (Å²) in [5, 5.41) is 8.16. The maximum Gasteiger partial charge on any atom is 0.185 e. The average molecular weight is 371 g/mol. The number of fused-ring (bicyclic) bond motifs is 1. The lowest BCUT2D eigenvalue weighted by atomic mass is 10.1. The number of rotatable bonds is 7. The second kappa shape index (κ2) is 7.03. The van der Waals surface area contributed by atoms with Gasteiger partial charge in [-0.3, -0.25) is 4.79 Å². The van der Waals surface area contributed by atoms with Crippen molar-refractivity contribution in [2.24, 2.45) is 0 Å². The van der Waals surface area contributed by atoms with E-state index in [1.807, 2.05) is 36.5 Å². The molecule has 5 rings (SSSR count). The van der Waals surface area contributed by atoms with Gasteiger partial charge in [-0.2, -0.15) is 0 Å². The van der Waals surface area contributed by atoms with Crippen LogP contribution in [0.25, 0.3) is 5.65 Å². The van der Waals surface area contributed by atoms with E-state index >= 15 is 0 Å². The number of aromatic nitrogens is 5. The van der Waals surface area contributed by atoms with E-state index in [0.717, 1.165) is 22.8 Å². The van der Waals surface area contributed by atoms with Crippen LogP contribution in [0.5, 0.6) is 0 Å². The van der Waals surface area contributed by atoms with Crippen LogP contribution in [-0.4, -0.2) is 30.2 Å². The second-order valence-electron chi connectivity index (χ2n) is 7.44. The van der Waals surface area contributed by atoms with E-state index in [0.29, 0.717) is 25.1 Å². The highest BCUT2D eigenvalue weighted by molar-refractivity contribution is 5.93. The lowest BCUT2D eigenvalue weighted by Gasteiger charge is -1.98. The summed E-state index contributed by atoms with van der Waals surface area (Å²) in [4.78, 5) is 17.0. The molecule has 1 aromatic carbocycles. The van der Waals surface area contributed by atoms with Crippen LogP contribution in [0.4, 0.5) is 0 Å².